The maximum atomic E-state index is 13.4. The summed E-state index contributed by atoms with van der Waals surface area (Å²) in [6.07, 6.45) is 12.0. The lowest BCUT2D eigenvalue weighted by atomic mass is 9.71. The predicted molar refractivity (Wildman–Crippen MR) is 118 cm³/mol. The quantitative estimate of drug-likeness (QED) is 0.322. The maximum Gasteiger partial charge on any atom is 0.331 e. The van der Waals surface area contributed by atoms with E-state index in [9.17, 15) is 9.59 Å². The van der Waals surface area contributed by atoms with Gasteiger partial charge < -0.3 is 23.7 Å². The van der Waals surface area contributed by atoms with E-state index in [1.54, 1.807) is 27.4 Å². The van der Waals surface area contributed by atoms with Crippen molar-refractivity contribution in [2.45, 2.75) is 63.1 Å². The van der Waals surface area contributed by atoms with Crippen molar-refractivity contribution in [2.75, 3.05) is 27.9 Å². The Morgan fingerprint density at radius 2 is 1.84 bits per heavy atom. The molecule has 7 nitrogen and oxygen atoms in total. The van der Waals surface area contributed by atoms with Crippen molar-refractivity contribution in [3.8, 4) is 12.3 Å². The van der Waals surface area contributed by atoms with E-state index in [0.717, 1.165) is 24.8 Å². The molecule has 6 unspecified atom stereocenters. The molecule has 3 rings (SSSR count). The minimum Gasteiger partial charge on any atom is -0.458 e. The summed E-state index contributed by atoms with van der Waals surface area (Å²) in [7, 11) is 4.97. The Bertz CT molecular complexity index is 766. The zero-order valence-electron chi connectivity index (χ0n) is 19.3. The summed E-state index contributed by atoms with van der Waals surface area (Å²) in [4.78, 5) is 25.5. The first-order chi connectivity index (χ1) is 15.4. The number of terminal acetylenes is 1. The van der Waals surface area contributed by atoms with Gasteiger partial charge in [0, 0.05) is 33.3 Å². The molecule has 3 aliphatic rings. The third kappa shape index (κ3) is 5.32. The summed E-state index contributed by atoms with van der Waals surface area (Å²) in [5.41, 5.74) is 0.951. The number of hydrogen-bond acceptors (Lipinski definition) is 7. The number of carbonyl (C=O) groups excluding carboxylic acids is 2. The van der Waals surface area contributed by atoms with Crippen LogP contribution < -0.4 is 0 Å². The van der Waals surface area contributed by atoms with Gasteiger partial charge in [0.25, 0.3) is 0 Å². The van der Waals surface area contributed by atoms with Crippen molar-refractivity contribution in [1.82, 2.24) is 0 Å². The largest absolute Gasteiger partial charge is 0.458 e. The second-order valence-electron chi connectivity index (χ2n) is 8.79. The van der Waals surface area contributed by atoms with Gasteiger partial charge in [-0.3, -0.25) is 4.79 Å². The molecule has 1 heterocycles. The van der Waals surface area contributed by atoms with E-state index in [-0.39, 0.29) is 48.6 Å². The molecule has 0 N–H and O–H groups in total. The van der Waals surface area contributed by atoms with Crippen LogP contribution in [0.2, 0.25) is 0 Å². The molecule has 0 aromatic rings. The average molecular weight is 447 g/mol. The SMILES string of the molecule is C#CCOC1CCC2C(C)=CC(=O)OC2C1C(=O)/C=C/C1CC(OC)C(OC)C(OC)C1. The lowest BCUT2D eigenvalue weighted by Crippen LogP contribution is -2.50. The average Bonchev–Trinajstić information content (AvgIpc) is 2.79. The number of ether oxygens (including phenoxy) is 5. The number of rotatable bonds is 8. The second-order valence-corrected chi connectivity index (χ2v) is 8.79. The van der Waals surface area contributed by atoms with Gasteiger partial charge >= 0.3 is 5.97 Å². The fraction of sp³-hybridized carbons (Fsp3) is 0.680. The molecule has 2 saturated carbocycles. The highest BCUT2D eigenvalue weighted by Gasteiger charge is 2.47. The van der Waals surface area contributed by atoms with Gasteiger partial charge in [0.15, 0.2) is 5.78 Å². The summed E-state index contributed by atoms with van der Waals surface area (Å²) in [6.45, 7) is 2.03. The van der Waals surface area contributed by atoms with Gasteiger partial charge in [-0.15, -0.1) is 6.42 Å². The predicted octanol–water partition coefficient (Wildman–Crippen LogP) is 2.48. The fourth-order valence-electron chi connectivity index (χ4n) is 5.40. The van der Waals surface area contributed by atoms with Gasteiger partial charge in [0.1, 0.15) is 18.8 Å². The number of esters is 1. The Hall–Kier alpha value is -1.98. The van der Waals surface area contributed by atoms with Gasteiger partial charge in [-0.05, 0) is 44.6 Å². The number of fused-ring (bicyclic) bond motifs is 1. The van der Waals surface area contributed by atoms with E-state index < -0.39 is 18.0 Å². The summed E-state index contributed by atoms with van der Waals surface area (Å²) in [5, 5.41) is 0. The molecule has 32 heavy (non-hydrogen) atoms. The molecular formula is C25H34O7. The van der Waals surface area contributed by atoms with Crippen LogP contribution in [0, 0.1) is 30.1 Å². The molecule has 7 heteroatoms. The lowest BCUT2D eigenvalue weighted by Gasteiger charge is -2.43. The van der Waals surface area contributed by atoms with E-state index >= 15 is 0 Å². The van der Waals surface area contributed by atoms with Crippen LogP contribution in [-0.4, -0.2) is 70.2 Å². The monoisotopic (exact) mass is 446 g/mol. The number of allylic oxidation sites excluding steroid dienone is 2. The number of carbonyl (C=O) groups is 2. The molecule has 2 aliphatic carbocycles. The van der Waals surface area contributed by atoms with Crippen LogP contribution in [-0.2, 0) is 33.3 Å². The lowest BCUT2D eigenvalue weighted by molar-refractivity contribution is -0.163. The molecular weight excluding hydrogens is 412 g/mol. The third-order valence-corrected chi connectivity index (χ3v) is 7.02. The Labute approximate surface area is 190 Å². The highest BCUT2D eigenvalue weighted by molar-refractivity contribution is 5.93. The summed E-state index contributed by atoms with van der Waals surface area (Å²) >= 11 is 0. The minimum atomic E-state index is -0.585. The van der Waals surface area contributed by atoms with E-state index in [4.69, 9.17) is 30.1 Å². The highest BCUT2D eigenvalue weighted by Crippen LogP contribution is 2.40. The number of methoxy groups -OCH3 is 3. The minimum absolute atomic E-state index is 0.0219. The van der Waals surface area contributed by atoms with Gasteiger partial charge in [-0.2, -0.15) is 0 Å². The molecule has 0 amide bonds. The van der Waals surface area contributed by atoms with Crippen molar-refractivity contribution in [3.63, 3.8) is 0 Å². The molecule has 2 fully saturated rings. The molecule has 0 spiro atoms. The number of ketones is 1. The third-order valence-electron chi connectivity index (χ3n) is 7.02. The first-order valence-corrected chi connectivity index (χ1v) is 11.2. The highest BCUT2D eigenvalue weighted by atomic mass is 16.6. The second kappa shape index (κ2) is 11.2. The van der Waals surface area contributed by atoms with Crippen LogP contribution >= 0.6 is 0 Å². The van der Waals surface area contributed by atoms with Crippen LogP contribution in [0.5, 0.6) is 0 Å². The maximum absolute atomic E-state index is 13.4. The Morgan fingerprint density at radius 3 is 2.44 bits per heavy atom. The van der Waals surface area contributed by atoms with Gasteiger partial charge in [0.05, 0.1) is 24.2 Å². The van der Waals surface area contributed by atoms with Crippen molar-refractivity contribution in [1.29, 1.82) is 0 Å². The van der Waals surface area contributed by atoms with E-state index in [1.807, 2.05) is 13.0 Å². The normalized spacial score (nSPS) is 37.3. The topological polar surface area (TPSA) is 80.3 Å². The van der Waals surface area contributed by atoms with Crippen molar-refractivity contribution in [2.24, 2.45) is 17.8 Å². The molecule has 0 saturated heterocycles. The van der Waals surface area contributed by atoms with Gasteiger partial charge in [-0.1, -0.05) is 17.6 Å². The molecule has 6 atom stereocenters. The molecule has 0 radical (unpaired) electrons. The Balaban J connectivity index is 1.78. The van der Waals surface area contributed by atoms with Crippen molar-refractivity contribution < 1.29 is 33.3 Å². The molecule has 0 aromatic carbocycles. The molecule has 0 aromatic heterocycles. The molecule has 1 aliphatic heterocycles. The van der Waals surface area contributed by atoms with Gasteiger partial charge in [0.2, 0.25) is 0 Å². The van der Waals surface area contributed by atoms with E-state index in [0.29, 0.717) is 6.42 Å². The zero-order chi connectivity index (χ0) is 23.3. The van der Waals surface area contributed by atoms with Crippen molar-refractivity contribution >= 4 is 11.8 Å². The van der Waals surface area contributed by atoms with Crippen LogP contribution in [0.1, 0.15) is 32.6 Å². The van der Waals surface area contributed by atoms with Crippen LogP contribution in [0.3, 0.4) is 0 Å². The van der Waals surface area contributed by atoms with Crippen LogP contribution in [0.4, 0.5) is 0 Å². The fourth-order valence-corrected chi connectivity index (χ4v) is 5.40. The van der Waals surface area contributed by atoms with Crippen LogP contribution in [0.25, 0.3) is 0 Å². The summed E-state index contributed by atoms with van der Waals surface area (Å²) < 4.78 is 28.2. The standard InChI is InChI=1S/C25H34O7/c1-6-11-31-19-10-8-17-15(2)12-22(27)32-24(17)23(19)18(26)9-7-16-13-20(28-3)25(30-5)21(14-16)29-4/h1,7,9,12,16-17,19-21,23-25H,8,10-11,13-14H2,2-5H3/b9-7+. The summed E-state index contributed by atoms with van der Waals surface area (Å²) in [6, 6.07) is 0. The first-order valence-electron chi connectivity index (χ1n) is 11.2. The Kier molecular flexibility index (Phi) is 8.66. The number of hydrogen-bond donors (Lipinski definition) is 0. The van der Waals surface area contributed by atoms with E-state index in [1.165, 1.54) is 6.08 Å². The van der Waals surface area contributed by atoms with E-state index in [2.05, 4.69) is 5.92 Å². The smallest absolute Gasteiger partial charge is 0.331 e. The Morgan fingerprint density at radius 1 is 1.16 bits per heavy atom. The molecule has 0 bridgehead atoms. The first kappa shape index (κ1) is 24.7. The molecule has 176 valence electrons. The van der Waals surface area contributed by atoms with Crippen LogP contribution in [0.15, 0.2) is 23.8 Å². The zero-order valence-corrected chi connectivity index (χ0v) is 19.3. The van der Waals surface area contributed by atoms with Crippen molar-refractivity contribution in [3.05, 3.63) is 23.8 Å². The summed E-state index contributed by atoms with van der Waals surface area (Å²) in [5.74, 6) is 1.48. The van der Waals surface area contributed by atoms with Gasteiger partial charge in [-0.25, -0.2) is 4.79 Å².